The van der Waals surface area contributed by atoms with Gasteiger partial charge in [-0.2, -0.15) is 5.26 Å². The molecule has 0 bridgehead atoms. The van der Waals surface area contributed by atoms with Crippen molar-refractivity contribution in [1.29, 1.82) is 5.26 Å². The van der Waals surface area contributed by atoms with Crippen LogP contribution in [-0.4, -0.2) is 5.11 Å². The van der Waals surface area contributed by atoms with Crippen molar-refractivity contribution in [2.24, 2.45) is 0 Å². The first-order valence-electron chi connectivity index (χ1n) is 4.44. The molecule has 1 N–H and O–H groups in total. The van der Waals surface area contributed by atoms with Crippen LogP contribution >= 0.6 is 0 Å². The van der Waals surface area contributed by atoms with Crippen molar-refractivity contribution in [3.8, 4) is 6.07 Å². The Hall–Kier alpha value is -1.33. The normalized spacial score (nSPS) is 19.6. The molecule has 1 aromatic rings. The van der Waals surface area contributed by atoms with Crippen molar-refractivity contribution in [3.63, 3.8) is 0 Å². The van der Waals surface area contributed by atoms with Crippen LogP contribution in [0.5, 0.6) is 0 Å². The Morgan fingerprint density at radius 1 is 1.54 bits per heavy atom. The number of aliphatic hydroxyl groups is 1. The average molecular weight is 173 g/mol. The zero-order valence-electron chi connectivity index (χ0n) is 7.54. The summed E-state index contributed by atoms with van der Waals surface area (Å²) < 4.78 is 0. The Morgan fingerprint density at radius 2 is 2.31 bits per heavy atom. The van der Waals surface area contributed by atoms with Crippen LogP contribution in [0.3, 0.4) is 0 Å². The van der Waals surface area contributed by atoms with Crippen molar-refractivity contribution >= 4 is 0 Å². The first kappa shape index (κ1) is 8.28. The molecule has 0 fully saturated rings. The maximum absolute atomic E-state index is 9.64. The maximum Gasteiger partial charge on any atom is 0.0991 e. The Morgan fingerprint density at radius 3 is 3.00 bits per heavy atom. The number of hydrogen-bond acceptors (Lipinski definition) is 2. The predicted molar refractivity (Wildman–Crippen MR) is 49.2 cm³/mol. The van der Waals surface area contributed by atoms with E-state index in [1.807, 2.05) is 19.1 Å². The lowest BCUT2D eigenvalue weighted by atomic mass is 10.0. The summed E-state index contributed by atoms with van der Waals surface area (Å²) in [6, 6.07) is 5.86. The fourth-order valence-corrected chi connectivity index (χ4v) is 2.06. The molecule has 0 saturated carbocycles. The summed E-state index contributed by atoms with van der Waals surface area (Å²) in [5, 5.41) is 18.4. The van der Waals surface area contributed by atoms with E-state index >= 15 is 0 Å². The van der Waals surface area contributed by atoms with E-state index in [1.165, 1.54) is 0 Å². The number of aryl methyl sites for hydroxylation is 2. The lowest BCUT2D eigenvalue weighted by Crippen LogP contribution is -1.95. The SMILES string of the molecule is Cc1cc(C#N)cc2c1C(O)CC2. The van der Waals surface area contributed by atoms with Crippen LogP contribution < -0.4 is 0 Å². The summed E-state index contributed by atoms with van der Waals surface area (Å²) in [6.45, 7) is 1.95. The molecule has 2 nitrogen and oxygen atoms in total. The molecule has 1 aliphatic carbocycles. The van der Waals surface area contributed by atoms with Crippen LogP contribution in [0.25, 0.3) is 0 Å². The molecule has 0 aromatic heterocycles. The molecule has 0 heterocycles. The molecule has 66 valence electrons. The average Bonchev–Trinajstić information content (AvgIpc) is 2.48. The molecule has 2 heteroatoms. The third kappa shape index (κ3) is 1.22. The Bertz CT molecular complexity index is 390. The third-order valence-corrected chi connectivity index (χ3v) is 2.62. The minimum Gasteiger partial charge on any atom is -0.388 e. The van der Waals surface area contributed by atoms with Crippen molar-refractivity contribution in [3.05, 3.63) is 34.4 Å². The van der Waals surface area contributed by atoms with Crippen molar-refractivity contribution in [2.75, 3.05) is 0 Å². The van der Waals surface area contributed by atoms with Crippen LogP contribution in [0.4, 0.5) is 0 Å². The van der Waals surface area contributed by atoms with E-state index < -0.39 is 0 Å². The molecule has 0 saturated heterocycles. The van der Waals surface area contributed by atoms with Gasteiger partial charge < -0.3 is 5.11 Å². The zero-order valence-corrected chi connectivity index (χ0v) is 7.54. The van der Waals surface area contributed by atoms with Crippen LogP contribution in [0, 0.1) is 18.3 Å². The van der Waals surface area contributed by atoms with Gasteiger partial charge in [-0.15, -0.1) is 0 Å². The van der Waals surface area contributed by atoms with E-state index in [-0.39, 0.29) is 6.10 Å². The zero-order chi connectivity index (χ0) is 9.42. The molecule has 0 radical (unpaired) electrons. The van der Waals surface area contributed by atoms with Crippen LogP contribution in [0.15, 0.2) is 12.1 Å². The van der Waals surface area contributed by atoms with Crippen molar-refractivity contribution in [1.82, 2.24) is 0 Å². The van der Waals surface area contributed by atoms with Gasteiger partial charge in [0.1, 0.15) is 0 Å². The van der Waals surface area contributed by atoms with Gasteiger partial charge in [0.2, 0.25) is 0 Å². The van der Waals surface area contributed by atoms with E-state index in [4.69, 9.17) is 5.26 Å². The van der Waals surface area contributed by atoms with E-state index in [0.717, 1.165) is 29.5 Å². The standard InChI is InChI=1S/C11H11NO/c1-7-4-8(6-12)5-9-2-3-10(13)11(7)9/h4-5,10,13H,2-3H2,1H3. The summed E-state index contributed by atoms with van der Waals surface area (Å²) in [7, 11) is 0. The molecule has 13 heavy (non-hydrogen) atoms. The molecular weight excluding hydrogens is 162 g/mol. The molecule has 1 aliphatic rings. The van der Waals surface area contributed by atoms with Gasteiger partial charge >= 0.3 is 0 Å². The van der Waals surface area contributed by atoms with Crippen molar-refractivity contribution < 1.29 is 5.11 Å². The van der Waals surface area contributed by atoms with Gasteiger partial charge in [-0.1, -0.05) is 0 Å². The van der Waals surface area contributed by atoms with Gasteiger partial charge in [-0.25, -0.2) is 0 Å². The van der Waals surface area contributed by atoms with E-state index in [1.54, 1.807) is 0 Å². The summed E-state index contributed by atoms with van der Waals surface area (Å²) >= 11 is 0. The lowest BCUT2D eigenvalue weighted by Gasteiger charge is -2.07. The van der Waals surface area contributed by atoms with Gasteiger partial charge in [-0.3, -0.25) is 0 Å². The van der Waals surface area contributed by atoms with Crippen molar-refractivity contribution in [2.45, 2.75) is 25.9 Å². The smallest absolute Gasteiger partial charge is 0.0991 e. The number of benzene rings is 1. The van der Waals surface area contributed by atoms with Gasteiger partial charge in [0.05, 0.1) is 17.7 Å². The van der Waals surface area contributed by atoms with Gasteiger partial charge in [-0.05, 0) is 48.6 Å². The number of aliphatic hydroxyl groups excluding tert-OH is 1. The van der Waals surface area contributed by atoms with Gasteiger partial charge in [0.25, 0.3) is 0 Å². The molecule has 0 aliphatic heterocycles. The Labute approximate surface area is 77.4 Å². The van der Waals surface area contributed by atoms with Gasteiger partial charge in [0.15, 0.2) is 0 Å². The maximum atomic E-state index is 9.64. The molecule has 1 unspecified atom stereocenters. The van der Waals surface area contributed by atoms with E-state index in [9.17, 15) is 5.11 Å². The Kier molecular flexibility index (Phi) is 1.82. The van der Waals surface area contributed by atoms with E-state index in [2.05, 4.69) is 6.07 Å². The monoisotopic (exact) mass is 173 g/mol. The molecule has 2 rings (SSSR count). The van der Waals surface area contributed by atoms with Crippen LogP contribution in [0.1, 0.15) is 34.8 Å². The fraction of sp³-hybridized carbons (Fsp3) is 0.364. The number of rotatable bonds is 0. The largest absolute Gasteiger partial charge is 0.388 e. The summed E-state index contributed by atoms with van der Waals surface area (Å²) in [5.74, 6) is 0. The van der Waals surface area contributed by atoms with Crippen LogP contribution in [0.2, 0.25) is 0 Å². The highest BCUT2D eigenvalue weighted by Gasteiger charge is 2.22. The quantitative estimate of drug-likeness (QED) is 0.650. The Balaban J connectivity index is 2.61. The summed E-state index contributed by atoms with van der Waals surface area (Å²) in [6.07, 6.45) is 1.38. The summed E-state index contributed by atoms with van der Waals surface area (Å²) in [5.41, 5.74) is 3.92. The number of nitrogens with zero attached hydrogens (tertiary/aromatic N) is 1. The highest BCUT2D eigenvalue weighted by molar-refractivity contribution is 5.46. The highest BCUT2D eigenvalue weighted by Crippen LogP contribution is 2.34. The summed E-state index contributed by atoms with van der Waals surface area (Å²) in [4.78, 5) is 0. The fourth-order valence-electron chi connectivity index (χ4n) is 2.06. The molecule has 0 spiro atoms. The number of fused-ring (bicyclic) bond motifs is 1. The van der Waals surface area contributed by atoms with Gasteiger partial charge in [0, 0.05) is 0 Å². The minimum atomic E-state index is -0.317. The predicted octanol–water partition coefficient (Wildman–Crippen LogP) is 1.85. The van der Waals surface area contributed by atoms with Crippen LogP contribution in [-0.2, 0) is 6.42 Å². The topological polar surface area (TPSA) is 44.0 Å². The molecule has 0 amide bonds. The second-order valence-corrected chi connectivity index (χ2v) is 3.53. The third-order valence-electron chi connectivity index (χ3n) is 2.62. The molecular formula is C11H11NO. The minimum absolute atomic E-state index is 0.317. The second-order valence-electron chi connectivity index (χ2n) is 3.53. The number of nitriles is 1. The molecule has 1 atom stereocenters. The second kappa shape index (κ2) is 2.86. The molecule has 1 aromatic carbocycles. The highest BCUT2D eigenvalue weighted by atomic mass is 16.3. The van der Waals surface area contributed by atoms with E-state index in [0.29, 0.717) is 5.56 Å². The first-order chi connectivity index (χ1) is 6.22. The lowest BCUT2D eigenvalue weighted by molar-refractivity contribution is 0.179. The first-order valence-corrected chi connectivity index (χ1v) is 4.44. The number of hydrogen-bond donors (Lipinski definition) is 1.